The summed E-state index contributed by atoms with van der Waals surface area (Å²) in [4.78, 5) is 2.28. The second-order valence-electron chi connectivity index (χ2n) is 5.00. The number of rotatable bonds is 7. The van der Waals surface area contributed by atoms with E-state index in [9.17, 15) is 0 Å². The first kappa shape index (κ1) is 14.4. The van der Waals surface area contributed by atoms with E-state index in [1.54, 1.807) is 0 Å². The number of ether oxygens (including phenoxy) is 1. The normalized spacial score (nSPS) is 10.7. The van der Waals surface area contributed by atoms with Crippen LogP contribution < -0.4 is 10.5 Å². The lowest BCUT2D eigenvalue weighted by molar-refractivity contribution is 0.259. The van der Waals surface area contributed by atoms with Crippen molar-refractivity contribution in [3.8, 4) is 5.75 Å². The van der Waals surface area contributed by atoms with Gasteiger partial charge in [0, 0.05) is 18.8 Å². The third-order valence-electron chi connectivity index (χ3n) is 3.10. The molecule has 0 atom stereocenters. The number of nitrogens with zero attached hydrogens (tertiary/aromatic N) is 1. The van der Waals surface area contributed by atoms with Crippen LogP contribution in [0.25, 0.3) is 0 Å². The number of anilines is 1. The van der Waals surface area contributed by atoms with Gasteiger partial charge >= 0.3 is 0 Å². The molecule has 3 heteroatoms. The van der Waals surface area contributed by atoms with Crippen molar-refractivity contribution in [2.24, 2.45) is 0 Å². The fourth-order valence-corrected chi connectivity index (χ4v) is 2.12. The van der Waals surface area contributed by atoms with Crippen LogP contribution in [0.5, 0.6) is 5.75 Å². The molecule has 2 rings (SSSR count). The summed E-state index contributed by atoms with van der Waals surface area (Å²) in [6, 6.07) is 18.0. The zero-order valence-electron chi connectivity index (χ0n) is 12.0. The van der Waals surface area contributed by atoms with E-state index in [2.05, 4.69) is 18.0 Å². The van der Waals surface area contributed by atoms with Crippen LogP contribution in [0.4, 0.5) is 5.69 Å². The first-order valence-corrected chi connectivity index (χ1v) is 6.95. The predicted molar refractivity (Wildman–Crippen MR) is 83.7 cm³/mol. The van der Waals surface area contributed by atoms with Crippen molar-refractivity contribution in [2.75, 3.05) is 25.9 Å². The quantitative estimate of drug-likeness (QED) is 0.620. The van der Waals surface area contributed by atoms with Crippen molar-refractivity contribution in [3.63, 3.8) is 0 Å². The molecule has 106 valence electrons. The lowest BCUT2D eigenvalue weighted by atomic mass is 10.2. The summed E-state index contributed by atoms with van der Waals surface area (Å²) in [6.45, 7) is 2.66. The monoisotopic (exact) mass is 270 g/mol. The van der Waals surface area contributed by atoms with Gasteiger partial charge in [-0.3, -0.25) is 0 Å². The SMILES string of the molecule is CN(CCCOc1ccccc1)Cc1cccc(N)c1. The molecule has 20 heavy (non-hydrogen) atoms. The maximum Gasteiger partial charge on any atom is 0.119 e. The summed E-state index contributed by atoms with van der Waals surface area (Å²) in [7, 11) is 2.12. The second kappa shape index (κ2) is 7.56. The van der Waals surface area contributed by atoms with Gasteiger partial charge in [-0.1, -0.05) is 30.3 Å². The minimum absolute atomic E-state index is 0.741. The second-order valence-corrected chi connectivity index (χ2v) is 5.00. The molecule has 0 heterocycles. The summed E-state index contributed by atoms with van der Waals surface area (Å²) < 4.78 is 5.68. The summed E-state index contributed by atoms with van der Waals surface area (Å²) in [6.07, 6.45) is 1.01. The highest BCUT2D eigenvalue weighted by Crippen LogP contribution is 2.10. The molecular weight excluding hydrogens is 248 g/mol. The van der Waals surface area contributed by atoms with E-state index < -0.39 is 0 Å². The Morgan fingerprint density at radius 2 is 1.85 bits per heavy atom. The molecular formula is C17H22N2O. The molecule has 0 saturated heterocycles. The van der Waals surface area contributed by atoms with Crippen LogP contribution >= 0.6 is 0 Å². The standard InChI is InChI=1S/C17H22N2O/c1-19(14-15-7-5-8-16(18)13-15)11-6-12-20-17-9-3-2-4-10-17/h2-5,7-10,13H,6,11-12,14,18H2,1H3. The Morgan fingerprint density at radius 3 is 2.60 bits per heavy atom. The van der Waals surface area contributed by atoms with E-state index in [-0.39, 0.29) is 0 Å². The van der Waals surface area contributed by atoms with E-state index in [1.165, 1.54) is 5.56 Å². The zero-order valence-corrected chi connectivity index (χ0v) is 12.0. The lowest BCUT2D eigenvalue weighted by Crippen LogP contribution is -2.20. The maximum atomic E-state index is 5.78. The van der Waals surface area contributed by atoms with Crippen LogP contribution in [0.2, 0.25) is 0 Å². The van der Waals surface area contributed by atoms with Crippen molar-refractivity contribution in [1.29, 1.82) is 0 Å². The smallest absolute Gasteiger partial charge is 0.119 e. The van der Waals surface area contributed by atoms with E-state index in [0.29, 0.717) is 0 Å². The zero-order chi connectivity index (χ0) is 14.2. The van der Waals surface area contributed by atoms with Crippen LogP contribution in [0, 0.1) is 0 Å². The Labute approximate surface area is 121 Å². The first-order valence-electron chi connectivity index (χ1n) is 6.95. The van der Waals surface area contributed by atoms with Gasteiger partial charge < -0.3 is 15.4 Å². The summed E-state index contributed by atoms with van der Waals surface area (Å²) >= 11 is 0. The van der Waals surface area contributed by atoms with Crippen LogP contribution in [0.3, 0.4) is 0 Å². The molecule has 2 aromatic carbocycles. The van der Waals surface area contributed by atoms with Crippen molar-refractivity contribution in [2.45, 2.75) is 13.0 Å². The summed E-state index contributed by atoms with van der Waals surface area (Å²) in [5.41, 5.74) is 7.85. The average molecular weight is 270 g/mol. The van der Waals surface area contributed by atoms with Crippen molar-refractivity contribution < 1.29 is 4.74 Å². The third-order valence-corrected chi connectivity index (χ3v) is 3.10. The topological polar surface area (TPSA) is 38.5 Å². The number of hydrogen-bond acceptors (Lipinski definition) is 3. The molecule has 0 radical (unpaired) electrons. The Hall–Kier alpha value is -2.00. The largest absolute Gasteiger partial charge is 0.494 e. The highest BCUT2D eigenvalue weighted by Gasteiger charge is 2.01. The van der Waals surface area contributed by atoms with E-state index >= 15 is 0 Å². The molecule has 0 spiro atoms. The Kier molecular flexibility index (Phi) is 5.44. The average Bonchev–Trinajstić information content (AvgIpc) is 2.45. The van der Waals surface area contributed by atoms with Crippen LogP contribution in [0.15, 0.2) is 54.6 Å². The van der Waals surface area contributed by atoms with Gasteiger partial charge in [-0.2, -0.15) is 0 Å². The number of nitrogens with two attached hydrogens (primary N) is 1. The fourth-order valence-electron chi connectivity index (χ4n) is 2.12. The maximum absolute atomic E-state index is 5.78. The first-order chi connectivity index (χ1) is 9.74. The Balaban J connectivity index is 1.66. The molecule has 0 aliphatic rings. The minimum atomic E-state index is 0.741. The molecule has 2 aromatic rings. The minimum Gasteiger partial charge on any atom is -0.494 e. The van der Waals surface area contributed by atoms with E-state index in [0.717, 1.165) is 37.6 Å². The van der Waals surface area contributed by atoms with Gasteiger partial charge in [0.25, 0.3) is 0 Å². The number of hydrogen-bond donors (Lipinski definition) is 1. The predicted octanol–water partition coefficient (Wildman–Crippen LogP) is 3.17. The van der Waals surface area contributed by atoms with Gasteiger partial charge in [-0.15, -0.1) is 0 Å². The van der Waals surface area contributed by atoms with E-state index in [1.807, 2.05) is 48.5 Å². The Morgan fingerprint density at radius 1 is 1.05 bits per heavy atom. The highest BCUT2D eigenvalue weighted by molar-refractivity contribution is 5.40. The van der Waals surface area contributed by atoms with Gasteiger partial charge in [0.1, 0.15) is 5.75 Å². The van der Waals surface area contributed by atoms with Crippen LogP contribution in [-0.2, 0) is 6.54 Å². The van der Waals surface area contributed by atoms with E-state index in [4.69, 9.17) is 10.5 Å². The fraction of sp³-hybridized carbons (Fsp3) is 0.294. The van der Waals surface area contributed by atoms with Crippen LogP contribution in [0.1, 0.15) is 12.0 Å². The van der Waals surface area contributed by atoms with Gasteiger partial charge in [-0.05, 0) is 43.3 Å². The van der Waals surface area contributed by atoms with Gasteiger partial charge in [-0.25, -0.2) is 0 Å². The highest BCUT2D eigenvalue weighted by atomic mass is 16.5. The molecule has 0 bridgehead atoms. The molecule has 0 fully saturated rings. The molecule has 0 saturated carbocycles. The van der Waals surface area contributed by atoms with Gasteiger partial charge in [0.2, 0.25) is 0 Å². The molecule has 0 unspecified atom stereocenters. The molecule has 0 aromatic heterocycles. The molecule has 0 aliphatic carbocycles. The van der Waals surface area contributed by atoms with Gasteiger partial charge in [0.05, 0.1) is 6.61 Å². The van der Waals surface area contributed by atoms with Crippen LogP contribution in [-0.4, -0.2) is 25.1 Å². The Bertz CT molecular complexity index is 513. The number of nitrogen functional groups attached to an aromatic ring is 1. The molecule has 3 nitrogen and oxygen atoms in total. The molecule has 2 N–H and O–H groups in total. The van der Waals surface area contributed by atoms with Crippen molar-refractivity contribution >= 4 is 5.69 Å². The van der Waals surface area contributed by atoms with Crippen molar-refractivity contribution in [3.05, 3.63) is 60.2 Å². The number of benzene rings is 2. The lowest BCUT2D eigenvalue weighted by Gasteiger charge is -2.17. The summed E-state index contributed by atoms with van der Waals surface area (Å²) in [5, 5.41) is 0. The summed E-state index contributed by atoms with van der Waals surface area (Å²) in [5.74, 6) is 0.936. The molecule has 0 amide bonds. The third kappa shape index (κ3) is 4.94. The number of para-hydroxylation sites is 1. The molecule has 0 aliphatic heterocycles. The van der Waals surface area contributed by atoms with Gasteiger partial charge in [0.15, 0.2) is 0 Å². The van der Waals surface area contributed by atoms with Crippen molar-refractivity contribution in [1.82, 2.24) is 4.90 Å².